The van der Waals surface area contributed by atoms with E-state index in [9.17, 15) is 4.57 Å². The monoisotopic (exact) mass is 228 g/mol. The van der Waals surface area contributed by atoms with Gasteiger partial charge in [0.1, 0.15) is 5.75 Å². The van der Waals surface area contributed by atoms with Crippen LogP contribution in [0.3, 0.4) is 0 Å². The van der Waals surface area contributed by atoms with Crippen LogP contribution in [-0.4, -0.2) is 9.79 Å². The van der Waals surface area contributed by atoms with Crippen LogP contribution >= 0.6 is 7.82 Å². The molecule has 0 aliphatic rings. The maximum atomic E-state index is 10.5. The van der Waals surface area contributed by atoms with E-state index in [1.165, 1.54) is 12.1 Å². The Balaban J connectivity index is 2.68. The maximum Gasteiger partial charge on any atom is 0.524 e. The van der Waals surface area contributed by atoms with Crippen molar-refractivity contribution in [1.82, 2.24) is 0 Å². The third kappa shape index (κ3) is 4.79. The summed E-state index contributed by atoms with van der Waals surface area (Å²) in [5.74, 6) is 0.174. The molecule has 0 aliphatic carbocycles. The predicted octanol–water partition coefficient (Wildman–Crippen LogP) is 2.28. The highest BCUT2D eigenvalue weighted by Gasteiger charge is 2.15. The average molecular weight is 228 g/mol. The molecule has 15 heavy (non-hydrogen) atoms. The van der Waals surface area contributed by atoms with Crippen LogP contribution in [0.25, 0.3) is 0 Å². The van der Waals surface area contributed by atoms with Gasteiger partial charge in [0.25, 0.3) is 0 Å². The van der Waals surface area contributed by atoms with Crippen LogP contribution in [0.1, 0.15) is 12.5 Å². The molecule has 0 atom stereocenters. The Morgan fingerprint density at radius 1 is 1.33 bits per heavy atom. The molecule has 0 aromatic heterocycles. The average Bonchev–Trinajstić information content (AvgIpc) is 2.14. The molecule has 1 aromatic rings. The summed E-state index contributed by atoms with van der Waals surface area (Å²) in [4.78, 5) is 17.1. The van der Waals surface area contributed by atoms with Crippen molar-refractivity contribution < 1.29 is 18.9 Å². The molecule has 4 nitrogen and oxygen atoms in total. The second kappa shape index (κ2) is 5.12. The molecule has 0 radical (unpaired) electrons. The topological polar surface area (TPSA) is 66.8 Å². The van der Waals surface area contributed by atoms with E-state index >= 15 is 0 Å². The molecule has 82 valence electrons. The van der Waals surface area contributed by atoms with E-state index < -0.39 is 7.82 Å². The molecule has 5 heteroatoms. The Labute approximate surface area is 88.5 Å². The van der Waals surface area contributed by atoms with Crippen LogP contribution in [0, 0.1) is 0 Å². The number of benzene rings is 1. The Bertz CT molecular complexity index is 377. The van der Waals surface area contributed by atoms with Gasteiger partial charge in [0.15, 0.2) is 0 Å². The van der Waals surface area contributed by atoms with Crippen molar-refractivity contribution in [2.45, 2.75) is 13.3 Å². The summed E-state index contributed by atoms with van der Waals surface area (Å²) in [6.45, 7) is 1.94. The zero-order valence-corrected chi connectivity index (χ0v) is 9.22. The van der Waals surface area contributed by atoms with Crippen molar-refractivity contribution in [2.75, 3.05) is 0 Å². The smallest absolute Gasteiger partial charge is 0.404 e. The zero-order chi connectivity index (χ0) is 11.3. The molecule has 1 aromatic carbocycles. The van der Waals surface area contributed by atoms with Crippen LogP contribution in [0.15, 0.2) is 36.4 Å². The Hall–Kier alpha value is -1.09. The molecule has 0 fully saturated rings. The summed E-state index contributed by atoms with van der Waals surface area (Å²) in [7, 11) is -4.44. The Morgan fingerprint density at radius 2 is 1.93 bits per heavy atom. The number of allylic oxidation sites excluding steroid dienone is 2. The summed E-state index contributed by atoms with van der Waals surface area (Å²) in [5, 5.41) is 0. The van der Waals surface area contributed by atoms with Crippen molar-refractivity contribution in [3.63, 3.8) is 0 Å². The summed E-state index contributed by atoms with van der Waals surface area (Å²) in [6.07, 6.45) is 4.74. The summed E-state index contributed by atoms with van der Waals surface area (Å²) < 4.78 is 14.9. The third-order valence-electron chi connectivity index (χ3n) is 1.74. The first-order chi connectivity index (χ1) is 7.01. The summed E-state index contributed by atoms with van der Waals surface area (Å²) in [5.41, 5.74) is 1.06. The summed E-state index contributed by atoms with van der Waals surface area (Å²) in [6, 6.07) is 6.62. The lowest BCUT2D eigenvalue weighted by molar-refractivity contribution is 0.283. The summed E-state index contributed by atoms with van der Waals surface area (Å²) >= 11 is 0. The second-order valence-corrected chi connectivity index (χ2v) is 4.16. The van der Waals surface area contributed by atoms with Gasteiger partial charge in [0.05, 0.1) is 0 Å². The largest absolute Gasteiger partial charge is 0.524 e. The number of phosphoric ester groups is 1. The number of phosphoric acid groups is 1. The number of rotatable bonds is 4. The first-order valence-electron chi connectivity index (χ1n) is 4.46. The first kappa shape index (κ1) is 12.0. The molecule has 0 heterocycles. The van der Waals surface area contributed by atoms with Gasteiger partial charge in [-0.15, -0.1) is 0 Å². The van der Waals surface area contributed by atoms with E-state index in [2.05, 4.69) is 4.52 Å². The second-order valence-electron chi connectivity index (χ2n) is 3.00. The Kier molecular flexibility index (Phi) is 4.09. The molecule has 0 aliphatic heterocycles. The third-order valence-corrected chi connectivity index (χ3v) is 2.19. The lowest BCUT2D eigenvalue weighted by Crippen LogP contribution is -1.90. The van der Waals surface area contributed by atoms with E-state index in [0.29, 0.717) is 0 Å². The van der Waals surface area contributed by atoms with Gasteiger partial charge in [-0.25, -0.2) is 4.57 Å². The minimum atomic E-state index is -4.44. The predicted molar refractivity (Wildman–Crippen MR) is 57.6 cm³/mol. The van der Waals surface area contributed by atoms with Gasteiger partial charge in [-0.1, -0.05) is 24.3 Å². The van der Waals surface area contributed by atoms with Crippen LogP contribution in [0.5, 0.6) is 5.75 Å². The van der Waals surface area contributed by atoms with Gasteiger partial charge in [-0.3, -0.25) is 9.79 Å². The number of hydrogen-bond acceptors (Lipinski definition) is 2. The highest BCUT2D eigenvalue weighted by molar-refractivity contribution is 7.46. The van der Waals surface area contributed by atoms with Crippen LogP contribution in [0.2, 0.25) is 0 Å². The highest BCUT2D eigenvalue weighted by atomic mass is 31.2. The fraction of sp³-hybridized carbons (Fsp3) is 0.200. The van der Waals surface area contributed by atoms with E-state index in [1.54, 1.807) is 12.1 Å². The normalized spacial score (nSPS) is 11.9. The van der Waals surface area contributed by atoms with Gasteiger partial charge in [-0.2, -0.15) is 0 Å². The SMILES string of the molecule is CC=CCc1ccc(OP(=O)(O)O)cc1. The van der Waals surface area contributed by atoms with Gasteiger partial charge in [-0.05, 0) is 31.0 Å². The standard InChI is InChI=1S/C10H13O4P/c1-2-3-4-9-5-7-10(8-6-9)14-15(11,12)13/h2-3,5-8H,4H2,1H3,(H2,11,12,13). The van der Waals surface area contributed by atoms with Gasteiger partial charge in [0, 0.05) is 0 Å². The van der Waals surface area contributed by atoms with E-state index in [1.807, 2.05) is 19.1 Å². The molecule has 1 rings (SSSR count). The molecular weight excluding hydrogens is 215 g/mol. The maximum absolute atomic E-state index is 10.5. The van der Waals surface area contributed by atoms with E-state index in [4.69, 9.17) is 9.79 Å². The van der Waals surface area contributed by atoms with Gasteiger partial charge < -0.3 is 4.52 Å². The molecule has 0 unspecified atom stereocenters. The van der Waals surface area contributed by atoms with Crippen molar-refractivity contribution in [2.24, 2.45) is 0 Å². The van der Waals surface area contributed by atoms with Gasteiger partial charge in [0.2, 0.25) is 0 Å². The molecule has 0 spiro atoms. The highest BCUT2D eigenvalue weighted by Crippen LogP contribution is 2.37. The lowest BCUT2D eigenvalue weighted by Gasteiger charge is -2.06. The zero-order valence-electron chi connectivity index (χ0n) is 8.33. The Morgan fingerprint density at radius 3 is 2.40 bits per heavy atom. The fourth-order valence-corrected chi connectivity index (χ4v) is 1.47. The minimum absolute atomic E-state index is 0.174. The molecule has 0 bridgehead atoms. The lowest BCUT2D eigenvalue weighted by atomic mass is 10.1. The quantitative estimate of drug-likeness (QED) is 0.612. The fourth-order valence-electron chi connectivity index (χ4n) is 1.08. The van der Waals surface area contributed by atoms with Gasteiger partial charge >= 0.3 is 7.82 Å². The molecular formula is C10H13O4P. The molecule has 0 amide bonds. The van der Waals surface area contributed by atoms with Crippen molar-refractivity contribution in [1.29, 1.82) is 0 Å². The van der Waals surface area contributed by atoms with Crippen LogP contribution < -0.4 is 4.52 Å². The molecule has 2 N–H and O–H groups in total. The number of hydrogen-bond donors (Lipinski definition) is 2. The van der Waals surface area contributed by atoms with E-state index in [0.717, 1.165) is 12.0 Å². The molecule has 0 saturated heterocycles. The van der Waals surface area contributed by atoms with Crippen molar-refractivity contribution in [3.05, 3.63) is 42.0 Å². The first-order valence-corrected chi connectivity index (χ1v) is 5.99. The minimum Gasteiger partial charge on any atom is -0.404 e. The van der Waals surface area contributed by atoms with Crippen LogP contribution in [0.4, 0.5) is 0 Å². The van der Waals surface area contributed by atoms with Crippen molar-refractivity contribution >= 4 is 7.82 Å². The van der Waals surface area contributed by atoms with E-state index in [-0.39, 0.29) is 5.75 Å². The van der Waals surface area contributed by atoms with Crippen molar-refractivity contribution in [3.8, 4) is 5.75 Å². The molecule has 0 saturated carbocycles. The van der Waals surface area contributed by atoms with Crippen LogP contribution in [-0.2, 0) is 11.0 Å².